The highest BCUT2D eigenvalue weighted by atomic mass is 31.2. The maximum Gasteiger partial charge on any atom is 0.500 e. The molecule has 0 aromatic heterocycles. The van der Waals surface area contributed by atoms with Crippen LogP contribution in [-0.2, 0) is 8.78 Å². The van der Waals surface area contributed by atoms with E-state index in [9.17, 15) is 8.76 Å². The molecule has 0 rings (SSSR count). The molecule has 0 heterocycles. The molecule has 0 aliphatic carbocycles. The predicted octanol–water partition coefficient (Wildman–Crippen LogP) is 3.47. The van der Waals surface area contributed by atoms with Crippen LogP contribution < -0.4 is 0 Å². The van der Waals surface area contributed by atoms with Crippen LogP contribution in [0.5, 0.6) is 0 Å². The summed E-state index contributed by atoms with van der Waals surface area (Å²) in [5.41, 5.74) is 0. The lowest BCUT2D eigenvalue weighted by molar-refractivity contribution is 0.326. The fraction of sp³-hybridized carbons (Fsp3) is 1.00. The van der Waals surface area contributed by atoms with Gasteiger partial charge >= 0.3 is 7.91 Å². The van der Waals surface area contributed by atoms with Gasteiger partial charge in [0.25, 0.3) is 0 Å². The summed E-state index contributed by atoms with van der Waals surface area (Å²) in [4.78, 5) is 8.41. The molecular formula is C7H18FO3PSi. The summed E-state index contributed by atoms with van der Waals surface area (Å²) < 4.78 is 27.2. The molecule has 0 saturated carbocycles. The molecule has 1 N–H and O–H groups in total. The molecule has 80 valence electrons. The standard InChI is InChI=1S/C7H18FO3PSi/c1-4-5-6-7-13(2,3)11-12(8,9)10/h4-7H2,1-3H3,(H,9,10). The van der Waals surface area contributed by atoms with Crippen LogP contribution in [0.3, 0.4) is 0 Å². The Balaban J connectivity index is 3.87. The summed E-state index contributed by atoms with van der Waals surface area (Å²) >= 11 is 0. The Bertz CT molecular complexity index is 192. The maximum atomic E-state index is 12.3. The molecule has 1 atom stereocenters. The minimum atomic E-state index is -4.77. The Hall–Kier alpha value is 0.297. The van der Waals surface area contributed by atoms with E-state index in [1.807, 2.05) is 0 Å². The summed E-state index contributed by atoms with van der Waals surface area (Å²) in [6, 6.07) is 0.731. The second kappa shape index (κ2) is 5.25. The minimum Gasteiger partial charge on any atom is -0.327 e. The molecule has 3 nitrogen and oxygen atoms in total. The number of hydrogen-bond donors (Lipinski definition) is 1. The van der Waals surface area contributed by atoms with Crippen molar-refractivity contribution in [1.29, 1.82) is 0 Å². The average molecular weight is 228 g/mol. The van der Waals surface area contributed by atoms with E-state index in [4.69, 9.17) is 4.89 Å². The number of halogens is 1. The Morgan fingerprint density at radius 2 is 2.00 bits per heavy atom. The van der Waals surface area contributed by atoms with E-state index < -0.39 is 16.2 Å². The third-order valence-electron chi connectivity index (χ3n) is 1.74. The first-order valence-electron chi connectivity index (χ1n) is 4.50. The van der Waals surface area contributed by atoms with Crippen LogP contribution in [0.4, 0.5) is 4.20 Å². The predicted molar refractivity (Wildman–Crippen MR) is 53.8 cm³/mol. The lowest BCUT2D eigenvalue weighted by Gasteiger charge is -2.21. The molecular weight excluding hydrogens is 210 g/mol. The Kier molecular flexibility index (Phi) is 5.37. The smallest absolute Gasteiger partial charge is 0.327 e. The molecule has 0 aromatic rings. The zero-order chi connectivity index (χ0) is 10.5. The van der Waals surface area contributed by atoms with Crippen LogP contribution in [0.1, 0.15) is 26.2 Å². The van der Waals surface area contributed by atoms with Crippen molar-refractivity contribution in [2.75, 3.05) is 0 Å². The quantitative estimate of drug-likeness (QED) is 0.430. The minimum absolute atomic E-state index is 0.731. The van der Waals surface area contributed by atoms with Gasteiger partial charge in [-0.1, -0.05) is 26.2 Å². The van der Waals surface area contributed by atoms with E-state index in [1.165, 1.54) is 0 Å². The van der Waals surface area contributed by atoms with Crippen LogP contribution in [0.15, 0.2) is 0 Å². The van der Waals surface area contributed by atoms with Crippen molar-refractivity contribution in [3.05, 3.63) is 0 Å². The maximum absolute atomic E-state index is 12.3. The number of unbranched alkanes of at least 4 members (excludes halogenated alkanes) is 2. The van der Waals surface area contributed by atoms with Crippen LogP contribution in [-0.4, -0.2) is 13.2 Å². The SMILES string of the molecule is CCCCC[Si](C)(C)OP(=O)(O)F. The van der Waals surface area contributed by atoms with Crippen molar-refractivity contribution in [2.24, 2.45) is 0 Å². The highest BCUT2D eigenvalue weighted by Gasteiger charge is 2.32. The summed E-state index contributed by atoms with van der Waals surface area (Å²) in [6.45, 7) is 5.58. The molecule has 0 aliphatic rings. The first-order chi connectivity index (χ1) is 5.77. The normalized spacial score (nSPS) is 17.0. The molecule has 13 heavy (non-hydrogen) atoms. The summed E-state index contributed by atoms with van der Waals surface area (Å²) in [7, 11) is -7.04. The van der Waals surface area contributed by atoms with Gasteiger partial charge in [0, 0.05) is 0 Å². The summed E-state index contributed by atoms with van der Waals surface area (Å²) in [5.74, 6) is 0. The van der Waals surface area contributed by atoms with E-state index in [0.29, 0.717) is 0 Å². The molecule has 0 bridgehead atoms. The third kappa shape index (κ3) is 8.62. The summed E-state index contributed by atoms with van der Waals surface area (Å²) in [6.07, 6.45) is 3.08. The van der Waals surface area contributed by atoms with E-state index in [0.717, 1.165) is 25.3 Å². The molecule has 0 amide bonds. The van der Waals surface area contributed by atoms with Gasteiger partial charge in [0.1, 0.15) is 0 Å². The van der Waals surface area contributed by atoms with Gasteiger partial charge in [0.15, 0.2) is 0 Å². The van der Waals surface area contributed by atoms with Gasteiger partial charge in [-0.15, -0.1) is 4.20 Å². The van der Waals surface area contributed by atoms with Crippen molar-refractivity contribution in [1.82, 2.24) is 0 Å². The second-order valence-corrected chi connectivity index (χ2v) is 9.41. The molecule has 0 spiro atoms. The molecule has 6 heteroatoms. The topological polar surface area (TPSA) is 46.5 Å². The second-order valence-electron chi connectivity index (χ2n) is 3.76. The number of hydrogen-bond acceptors (Lipinski definition) is 2. The first kappa shape index (κ1) is 13.3. The van der Waals surface area contributed by atoms with Crippen LogP contribution in [0.2, 0.25) is 19.1 Å². The molecule has 1 unspecified atom stereocenters. The molecule has 0 radical (unpaired) electrons. The highest BCUT2D eigenvalue weighted by Crippen LogP contribution is 2.47. The third-order valence-corrected chi connectivity index (χ3v) is 6.18. The van der Waals surface area contributed by atoms with Crippen molar-refractivity contribution < 1.29 is 17.9 Å². The van der Waals surface area contributed by atoms with E-state index in [2.05, 4.69) is 11.1 Å². The molecule has 0 fully saturated rings. The molecule has 0 aromatic carbocycles. The van der Waals surface area contributed by atoms with Gasteiger partial charge in [-0.3, -0.25) is 4.89 Å². The van der Waals surface area contributed by atoms with Crippen LogP contribution >= 0.6 is 7.91 Å². The van der Waals surface area contributed by atoms with Crippen molar-refractivity contribution in [3.8, 4) is 0 Å². The van der Waals surface area contributed by atoms with Gasteiger partial charge < -0.3 is 4.21 Å². The van der Waals surface area contributed by atoms with Crippen molar-refractivity contribution in [3.63, 3.8) is 0 Å². The summed E-state index contributed by atoms with van der Waals surface area (Å²) in [5, 5.41) is 0. The van der Waals surface area contributed by atoms with E-state index in [1.54, 1.807) is 13.1 Å². The van der Waals surface area contributed by atoms with Gasteiger partial charge in [0.05, 0.1) is 0 Å². The Morgan fingerprint density at radius 1 is 1.46 bits per heavy atom. The molecule has 0 saturated heterocycles. The van der Waals surface area contributed by atoms with Gasteiger partial charge in [-0.05, 0) is 19.1 Å². The zero-order valence-corrected chi connectivity index (χ0v) is 10.3. The van der Waals surface area contributed by atoms with Gasteiger partial charge in [-0.2, -0.15) is 0 Å². The van der Waals surface area contributed by atoms with Crippen LogP contribution in [0, 0.1) is 0 Å². The fourth-order valence-corrected chi connectivity index (χ4v) is 5.06. The monoisotopic (exact) mass is 228 g/mol. The zero-order valence-electron chi connectivity index (χ0n) is 8.42. The Morgan fingerprint density at radius 3 is 2.38 bits per heavy atom. The van der Waals surface area contributed by atoms with Crippen molar-refractivity contribution in [2.45, 2.75) is 45.3 Å². The van der Waals surface area contributed by atoms with Crippen molar-refractivity contribution >= 4 is 16.2 Å². The highest BCUT2D eigenvalue weighted by molar-refractivity contribution is 7.48. The molecule has 0 aliphatic heterocycles. The lowest BCUT2D eigenvalue weighted by atomic mass is 10.3. The van der Waals surface area contributed by atoms with Crippen LogP contribution in [0.25, 0.3) is 0 Å². The van der Waals surface area contributed by atoms with E-state index >= 15 is 0 Å². The Labute approximate surface area is 80.1 Å². The van der Waals surface area contributed by atoms with E-state index in [-0.39, 0.29) is 0 Å². The fourth-order valence-electron chi connectivity index (χ4n) is 1.15. The number of rotatable bonds is 6. The van der Waals surface area contributed by atoms with Gasteiger partial charge in [0.2, 0.25) is 8.32 Å². The first-order valence-corrected chi connectivity index (χ1v) is 9.08. The lowest BCUT2D eigenvalue weighted by Crippen LogP contribution is -2.27. The van der Waals surface area contributed by atoms with Gasteiger partial charge in [-0.25, -0.2) is 4.57 Å². The average Bonchev–Trinajstić information content (AvgIpc) is 1.81. The largest absolute Gasteiger partial charge is 0.500 e.